The van der Waals surface area contributed by atoms with Crippen LogP contribution in [0.15, 0.2) is 18.2 Å². The van der Waals surface area contributed by atoms with Crippen molar-refractivity contribution in [1.82, 2.24) is 10.3 Å². The van der Waals surface area contributed by atoms with Crippen molar-refractivity contribution in [3.05, 3.63) is 40.6 Å². The maximum Gasteiger partial charge on any atom is 0.418 e. The van der Waals surface area contributed by atoms with Crippen LogP contribution >= 0.6 is 0 Å². The van der Waals surface area contributed by atoms with Crippen LogP contribution in [-0.2, 0) is 6.18 Å². The minimum atomic E-state index is -4.49. The van der Waals surface area contributed by atoms with Crippen molar-refractivity contribution in [2.75, 3.05) is 6.54 Å². The first-order valence-corrected chi connectivity index (χ1v) is 8.63. The molecule has 1 aromatic heterocycles. The molecule has 0 saturated heterocycles. The summed E-state index contributed by atoms with van der Waals surface area (Å²) in [4.78, 5) is 16.4. The highest BCUT2D eigenvalue weighted by atomic mass is 19.4. The number of rotatable bonds is 4. The monoisotopic (exact) mass is 348 g/mol. The van der Waals surface area contributed by atoms with Gasteiger partial charge in [0.05, 0.1) is 11.1 Å². The van der Waals surface area contributed by atoms with Crippen LogP contribution in [0, 0.1) is 12.8 Å². The maximum atomic E-state index is 13.6. The molecule has 1 aromatic carbocycles. The molecule has 132 valence electrons. The molecule has 25 heavy (non-hydrogen) atoms. The van der Waals surface area contributed by atoms with Gasteiger partial charge in [0, 0.05) is 11.9 Å². The summed E-state index contributed by atoms with van der Waals surface area (Å²) < 4.78 is 40.7. The van der Waals surface area contributed by atoms with Crippen LogP contribution in [0.5, 0.6) is 0 Å². The molecule has 0 spiro atoms. The molecule has 6 heteroatoms. The molecule has 2 aromatic rings. The van der Waals surface area contributed by atoms with Gasteiger partial charge in [-0.2, -0.15) is 13.2 Å². The number of halogens is 3. The van der Waals surface area contributed by atoms with Gasteiger partial charge in [0.15, 0.2) is 0 Å². The van der Waals surface area contributed by atoms with Gasteiger partial charge in [0.2, 0.25) is 0 Å². The van der Waals surface area contributed by atoms with E-state index in [1.54, 1.807) is 19.1 Å². The summed E-state index contributed by atoms with van der Waals surface area (Å²) >= 11 is 0. The number of alkyl halides is 3. The van der Waals surface area contributed by atoms with Crippen molar-refractivity contribution in [2.24, 2.45) is 5.92 Å². The summed E-state index contributed by atoms with van der Waals surface area (Å²) in [7, 11) is 0. The summed E-state index contributed by atoms with van der Waals surface area (Å²) in [5, 5.41) is 3.25. The molecular formula is C19H19F3N2O. The van der Waals surface area contributed by atoms with E-state index in [2.05, 4.69) is 10.3 Å². The number of carbonyl (C=O) groups excluding carboxylic acids is 1. The Kier molecular flexibility index (Phi) is 3.74. The average Bonchev–Trinajstić information content (AvgIpc) is 3.44. The van der Waals surface area contributed by atoms with Gasteiger partial charge in [-0.3, -0.25) is 4.79 Å². The lowest BCUT2D eigenvalue weighted by Gasteiger charge is -2.15. The van der Waals surface area contributed by atoms with Gasteiger partial charge in [-0.15, -0.1) is 0 Å². The van der Waals surface area contributed by atoms with Gasteiger partial charge in [0.25, 0.3) is 5.91 Å². The quantitative estimate of drug-likeness (QED) is 0.879. The molecule has 1 N–H and O–H groups in total. The Hall–Kier alpha value is -2.11. The number of nitrogens with one attached hydrogen (secondary N) is 1. The SMILES string of the molecule is Cc1cc(C(=O)NCC2CC2)nc2c(C(F)(F)F)cc(C3CC3)cc12. The lowest BCUT2D eigenvalue weighted by Crippen LogP contribution is -2.26. The minimum Gasteiger partial charge on any atom is -0.350 e. The van der Waals surface area contributed by atoms with Crippen molar-refractivity contribution in [2.45, 2.75) is 44.7 Å². The largest absolute Gasteiger partial charge is 0.418 e. The first kappa shape index (κ1) is 16.4. The van der Waals surface area contributed by atoms with Crippen LogP contribution in [-0.4, -0.2) is 17.4 Å². The van der Waals surface area contributed by atoms with Crippen molar-refractivity contribution in [3.8, 4) is 0 Å². The van der Waals surface area contributed by atoms with E-state index < -0.39 is 17.6 Å². The topological polar surface area (TPSA) is 42.0 Å². The summed E-state index contributed by atoms with van der Waals surface area (Å²) in [6, 6.07) is 4.59. The molecule has 0 bridgehead atoms. The first-order valence-electron chi connectivity index (χ1n) is 8.63. The van der Waals surface area contributed by atoms with E-state index in [0.29, 0.717) is 23.4 Å². The molecule has 1 amide bonds. The molecular weight excluding hydrogens is 329 g/mol. The summed E-state index contributed by atoms with van der Waals surface area (Å²) in [5.41, 5.74) is 0.542. The Morgan fingerprint density at radius 2 is 1.92 bits per heavy atom. The van der Waals surface area contributed by atoms with Crippen LogP contribution in [0.3, 0.4) is 0 Å². The van der Waals surface area contributed by atoms with Gasteiger partial charge in [-0.1, -0.05) is 0 Å². The van der Waals surface area contributed by atoms with E-state index in [1.165, 1.54) is 6.07 Å². The van der Waals surface area contributed by atoms with Gasteiger partial charge >= 0.3 is 6.18 Å². The number of nitrogens with zero attached hydrogens (tertiary/aromatic N) is 1. The number of hydrogen-bond acceptors (Lipinski definition) is 2. The molecule has 0 radical (unpaired) electrons. The highest BCUT2D eigenvalue weighted by Crippen LogP contribution is 2.44. The number of pyridine rings is 1. The van der Waals surface area contributed by atoms with Gasteiger partial charge < -0.3 is 5.32 Å². The summed E-state index contributed by atoms with van der Waals surface area (Å²) in [6.45, 7) is 2.29. The van der Waals surface area contributed by atoms with Crippen molar-refractivity contribution in [3.63, 3.8) is 0 Å². The molecule has 4 rings (SSSR count). The fourth-order valence-electron chi connectivity index (χ4n) is 3.15. The van der Waals surface area contributed by atoms with E-state index in [1.807, 2.05) is 0 Å². The lowest BCUT2D eigenvalue weighted by atomic mass is 9.98. The van der Waals surface area contributed by atoms with E-state index in [4.69, 9.17) is 0 Å². The predicted octanol–water partition coefficient (Wildman–Crippen LogP) is 4.58. The summed E-state index contributed by atoms with van der Waals surface area (Å²) in [5.74, 6) is 0.306. The molecule has 1 heterocycles. The molecule has 2 aliphatic carbocycles. The lowest BCUT2D eigenvalue weighted by molar-refractivity contribution is -0.136. The third-order valence-electron chi connectivity index (χ3n) is 4.98. The molecule has 0 unspecified atom stereocenters. The Morgan fingerprint density at radius 3 is 2.52 bits per heavy atom. The fraction of sp³-hybridized carbons (Fsp3) is 0.474. The Labute approximate surface area is 143 Å². The number of carbonyl (C=O) groups is 1. The Morgan fingerprint density at radius 1 is 1.20 bits per heavy atom. The number of benzene rings is 1. The normalized spacial score (nSPS) is 17.8. The molecule has 2 saturated carbocycles. The highest BCUT2D eigenvalue weighted by Gasteiger charge is 2.36. The second-order valence-electron chi connectivity index (χ2n) is 7.21. The number of hydrogen-bond donors (Lipinski definition) is 1. The van der Waals surface area contributed by atoms with Crippen LogP contribution < -0.4 is 5.32 Å². The second-order valence-corrected chi connectivity index (χ2v) is 7.21. The molecule has 0 atom stereocenters. The fourth-order valence-corrected chi connectivity index (χ4v) is 3.15. The highest BCUT2D eigenvalue weighted by molar-refractivity contribution is 5.97. The molecule has 2 fully saturated rings. The van der Waals surface area contributed by atoms with Crippen LogP contribution in [0.25, 0.3) is 10.9 Å². The third kappa shape index (κ3) is 3.34. The summed E-state index contributed by atoms with van der Waals surface area (Å²) in [6.07, 6.45) is -0.460. The molecule has 3 nitrogen and oxygen atoms in total. The maximum absolute atomic E-state index is 13.6. The minimum absolute atomic E-state index is 0.0512. The molecule has 2 aliphatic rings. The van der Waals surface area contributed by atoms with Crippen molar-refractivity contribution < 1.29 is 18.0 Å². The van der Waals surface area contributed by atoms with Gasteiger partial charge in [0.1, 0.15) is 5.69 Å². The number of aryl methyl sites for hydroxylation is 1. The zero-order valence-corrected chi connectivity index (χ0v) is 13.9. The average molecular weight is 348 g/mol. The zero-order valence-electron chi connectivity index (χ0n) is 13.9. The van der Waals surface area contributed by atoms with E-state index in [9.17, 15) is 18.0 Å². The van der Waals surface area contributed by atoms with Gasteiger partial charge in [-0.05, 0) is 73.8 Å². The number of amides is 1. The van der Waals surface area contributed by atoms with Gasteiger partial charge in [-0.25, -0.2) is 4.98 Å². The van der Waals surface area contributed by atoms with Crippen molar-refractivity contribution in [1.29, 1.82) is 0 Å². The van der Waals surface area contributed by atoms with Crippen molar-refractivity contribution >= 4 is 16.8 Å². The second kappa shape index (κ2) is 5.71. The van der Waals surface area contributed by atoms with E-state index in [0.717, 1.165) is 31.2 Å². The molecule has 0 aliphatic heterocycles. The Bertz CT molecular complexity index is 852. The smallest absolute Gasteiger partial charge is 0.350 e. The number of aromatic nitrogens is 1. The van der Waals surface area contributed by atoms with E-state index >= 15 is 0 Å². The van der Waals surface area contributed by atoms with E-state index in [-0.39, 0.29) is 17.1 Å². The third-order valence-corrected chi connectivity index (χ3v) is 4.98. The standard InChI is InChI=1S/C19H19F3N2O/c1-10-6-16(18(25)23-9-11-2-3-11)24-17-14(10)7-13(12-4-5-12)8-15(17)19(20,21)22/h6-8,11-12H,2-5,9H2,1H3,(H,23,25). The van der Waals surface area contributed by atoms with Crippen LogP contribution in [0.2, 0.25) is 0 Å². The first-order chi connectivity index (χ1) is 11.8. The zero-order chi connectivity index (χ0) is 17.8. The Balaban J connectivity index is 1.79. The number of fused-ring (bicyclic) bond motifs is 1. The predicted molar refractivity (Wildman–Crippen MR) is 88.5 cm³/mol. The van der Waals surface area contributed by atoms with Crippen LogP contribution in [0.4, 0.5) is 13.2 Å². The van der Waals surface area contributed by atoms with Crippen LogP contribution in [0.1, 0.15) is 58.8 Å².